The first-order valence-corrected chi connectivity index (χ1v) is 8.45. The lowest BCUT2D eigenvalue weighted by Crippen LogP contribution is -2.44. The molecule has 0 bridgehead atoms. The Morgan fingerprint density at radius 2 is 2.21 bits per heavy atom. The standard InChI is InChI=1S/C18H24N2O3.ClH/c1-2-23-16(21)13-6-5-8-15(10-13)20-17(22)18-9-4-3-7-14(18)11-19-12-18;/h5-6,8,10,14,19H,2-4,7,9,11-12H2,1H3,(H,20,22);1H/t14-,18+;/m0./s1. The molecule has 0 spiro atoms. The van der Waals surface area contributed by atoms with E-state index in [0.29, 0.717) is 23.8 Å². The fraction of sp³-hybridized carbons (Fsp3) is 0.556. The van der Waals surface area contributed by atoms with Gasteiger partial charge in [0.2, 0.25) is 5.91 Å². The van der Waals surface area contributed by atoms with Gasteiger partial charge in [0, 0.05) is 12.2 Å². The van der Waals surface area contributed by atoms with Crippen molar-refractivity contribution >= 4 is 30.0 Å². The number of nitrogens with one attached hydrogen (secondary N) is 2. The number of rotatable bonds is 4. The number of carbonyl (C=O) groups excluding carboxylic acids is 2. The summed E-state index contributed by atoms with van der Waals surface area (Å²) in [7, 11) is 0. The minimum absolute atomic E-state index is 0. The summed E-state index contributed by atoms with van der Waals surface area (Å²) in [6.07, 6.45) is 4.37. The Morgan fingerprint density at radius 1 is 1.38 bits per heavy atom. The Bertz CT molecular complexity index is 608. The van der Waals surface area contributed by atoms with Crippen LogP contribution in [0.25, 0.3) is 0 Å². The third kappa shape index (κ3) is 3.57. The third-order valence-electron chi connectivity index (χ3n) is 5.12. The van der Waals surface area contributed by atoms with Crippen molar-refractivity contribution in [2.75, 3.05) is 25.0 Å². The largest absolute Gasteiger partial charge is 0.462 e. The van der Waals surface area contributed by atoms with E-state index in [1.54, 1.807) is 25.1 Å². The Morgan fingerprint density at radius 3 is 3.00 bits per heavy atom. The van der Waals surface area contributed by atoms with E-state index in [1.807, 2.05) is 6.07 Å². The van der Waals surface area contributed by atoms with Gasteiger partial charge in [-0.05, 0) is 50.4 Å². The Hall–Kier alpha value is -1.59. The molecule has 24 heavy (non-hydrogen) atoms. The summed E-state index contributed by atoms with van der Waals surface area (Å²) < 4.78 is 5.01. The van der Waals surface area contributed by atoms with Gasteiger partial charge in [-0.1, -0.05) is 18.9 Å². The zero-order valence-electron chi connectivity index (χ0n) is 14.0. The predicted molar refractivity (Wildman–Crippen MR) is 95.5 cm³/mol. The minimum Gasteiger partial charge on any atom is -0.462 e. The van der Waals surface area contributed by atoms with Crippen LogP contribution >= 0.6 is 12.4 Å². The molecule has 132 valence electrons. The molecular weight excluding hydrogens is 328 g/mol. The number of benzene rings is 1. The molecule has 1 saturated heterocycles. The predicted octanol–water partition coefficient (Wildman–Crippen LogP) is 3.00. The summed E-state index contributed by atoms with van der Waals surface area (Å²) in [6.45, 7) is 3.79. The molecule has 0 radical (unpaired) electrons. The van der Waals surface area contributed by atoms with E-state index < -0.39 is 0 Å². The van der Waals surface area contributed by atoms with E-state index in [9.17, 15) is 9.59 Å². The smallest absolute Gasteiger partial charge is 0.338 e. The maximum absolute atomic E-state index is 12.9. The summed E-state index contributed by atoms with van der Waals surface area (Å²) in [6, 6.07) is 6.97. The number of fused-ring (bicyclic) bond motifs is 1. The summed E-state index contributed by atoms with van der Waals surface area (Å²) in [4.78, 5) is 24.7. The van der Waals surface area contributed by atoms with Crippen LogP contribution < -0.4 is 10.6 Å². The van der Waals surface area contributed by atoms with Gasteiger partial charge in [0.05, 0.1) is 17.6 Å². The number of ether oxygens (including phenoxy) is 1. The first-order valence-electron chi connectivity index (χ1n) is 8.45. The van der Waals surface area contributed by atoms with Gasteiger partial charge in [-0.15, -0.1) is 12.4 Å². The van der Waals surface area contributed by atoms with E-state index in [2.05, 4.69) is 10.6 Å². The number of hydrogen-bond acceptors (Lipinski definition) is 4. The summed E-state index contributed by atoms with van der Waals surface area (Å²) in [5.74, 6) is 0.137. The van der Waals surface area contributed by atoms with Crippen LogP contribution in [0, 0.1) is 11.3 Å². The van der Waals surface area contributed by atoms with Gasteiger partial charge in [0.25, 0.3) is 0 Å². The number of amides is 1. The van der Waals surface area contributed by atoms with E-state index in [4.69, 9.17) is 4.74 Å². The van der Waals surface area contributed by atoms with E-state index in [1.165, 1.54) is 6.42 Å². The molecule has 2 N–H and O–H groups in total. The molecule has 2 fully saturated rings. The van der Waals surface area contributed by atoms with E-state index in [-0.39, 0.29) is 29.7 Å². The summed E-state index contributed by atoms with van der Waals surface area (Å²) >= 11 is 0. The lowest BCUT2D eigenvalue weighted by molar-refractivity contribution is -0.128. The minimum atomic E-state index is -0.361. The fourth-order valence-corrected chi connectivity index (χ4v) is 3.88. The number of anilines is 1. The van der Waals surface area contributed by atoms with Crippen LogP contribution in [-0.2, 0) is 9.53 Å². The topological polar surface area (TPSA) is 67.4 Å². The fourth-order valence-electron chi connectivity index (χ4n) is 3.88. The van der Waals surface area contributed by atoms with Gasteiger partial charge >= 0.3 is 5.97 Å². The molecule has 2 aliphatic rings. The number of halogens is 1. The van der Waals surface area contributed by atoms with Crippen molar-refractivity contribution in [1.82, 2.24) is 5.32 Å². The zero-order chi connectivity index (χ0) is 16.3. The van der Waals surface area contributed by atoms with Gasteiger partial charge in [-0.25, -0.2) is 4.79 Å². The molecule has 1 saturated carbocycles. The lowest BCUT2D eigenvalue weighted by atomic mass is 9.67. The maximum atomic E-state index is 12.9. The van der Waals surface area contributed by atoms with Gasteiger partial charge in [0.1, 0.15) is 0 Å². The van der Waals surface area contributed by atoms with Crippen molar-refractivity contribution in [3.8, 4) is 0 Å². The highest BCUT2D eigenvalue weighted by Crippen LogP contribution is 2.44. The van der Waals surface area contributed by atoms with Crippen LogP contribution in [0.2, 0.25) is 0 Å². The molecule has 0 aromatic heterocycles. The van der Waals surface area contributed by atoms with E-state index in [0.717, 1.165) is 32.4 Å². The molecule has 0 unspecified atom stereocenters. The molecule has 2 atom stereocenters. The first-order chi connectivity index (χ1) is 11.2. The van der Waals surface area contributed by atoms with Crippen molar-refractivity contribution in [2.24, 2.45) is 11.3 Å². The number of carbonyl (C=O) groups is 2. The zero-order valence-corrected chi connectivity index (χ0v) is 14.8. The summed E-state index contributed by atoms with van der Waals surface area (Å²) in [5.41, 5.74) is 0.830. The quantitative estimate of drug-likeness (QED) is 0.817. The monoisotopic (exact) mass is 352 g/mol. The average Bonchev–Trinajstić information content (AvgIpc) is 3.00. The molecule has 1 aliphatic carbocycles. The van der Waals surface area contributed by atoms with Crippen molar-refractivity contribution in [2.45, 2.75) is 32.6 Å². The molecular formula is C18H25ClN2O3. The maximum Gasteiger partial charge on any atom is 0.338 e. The van der Waals surface area contributed by atoms with E-state index >= 15 is 0 Å². The van der Waals surface area contributed by atoms with Crippen LogP contribution in [0.5, 0.6) is 0 Å². The second-order valence-corrected chi connectivity index (χ2v) is 6.49. The van der Waals surface area contributed by atoms with Crippen LogP contribution in [0.1, 0.15) is 43.0 Å². The van der Waals surface area contributed by atoms with Crippen LogP contribution in [0.3, 0.4) is 0 Å². The second kappa shape index (κ2) is 7.99. The Balaban J connectivity index is 0.00000208. The van der Waals surface area contributed by atoms with Crippen molar-refractivity contribution in [3.63, 3.8) is 0 Å². The molecule has 6 heteroatoms. The van der Waals surface area contributed by atoms with Gasteiger partial charge in [-0.3, -0.25) is 4.79 Å². The lowest BCUT2D eigenvalue weighted by Gasteiger charge is -2.37. The molecule has 1 aliphatic heterocycles. The second-order valence-electron chi connectivity index (χ2n) is 6.49. The van der Waals surface area contributed by atoms with Crippen molar-refractivity contribution in [3.05, 3.63) is 29.8 Å². The molecule has 3 rings (SSSR count). The van der Waals surface area contributed by atoms with Gasteiger partial charge in [-0.2, -0.15) is 0 Å². The first kappa shape index (κ1) is 18.7. The Kier molecular flexibility index (Phi) is 6.24. The Labute approximate surface area is 148 Å². The van der Waals surface area contributed by atoms with Gasteiger partial charge < -0.3 is 15.4 Å². The highest BCUT2D eigenvalue weighted by molar-refractivity contribution is 5.98. The average molecular weight is 353 g/mol. The SMILES string of the molecule is CCOC(=O)c1cccc(NC(=O)[C@@]23CCCC[C@H]2CNC3)c1.Cl. The van der Waals surface area contributed by atoms with Crippen molar-refractivity contribution in [1.29, 1.82) is 0 Å². The molecule has 1 amide bonds. The molecule has 1 aromatic carbocycles. The number of esters is 1. The van der Waals surface area contributed by atoms with Crippen molar-refractivity contribution < 1.29 is 14.3 Å². The van der Waals surface area contributed by atoms with Gasteiger partial charge in [0.15, 0.2) is 0 Å². The molecule has 5 nitrogen and oxygen atoms in total. The highest BCUT2D eigenvalue weighted by Gasteiger charge is 2.49. The molecule has 1 heterocycles. The van der Waals surface area contributed by atoms with Crippen LogP contribution in [-0.4, -0.2) is 31.6 Å². The van der Waals surface area contributed by atoms with Crippen LogP contribution in [0.4, 0.5) is 5.69 Å². The normalized spacial score (nSPS) is 25.3. The van der Waals surface area contributed by atoms with Crippen LogP contribution in [0.15, 0.2) is 24.3 Å². The summed E-state index contributed by atoms with van der Waals surface area (Å²) in [5, 5.41) is 6.41. The highest BCUT2D eigenvalue weighted by atomic mass is 35.5. The number of hydrogen-bond donors (Lipinski definition) is 2. The molecule has 1 aromatic rings. The third-order valence-corrected chi connectivity index (χ3v) is 5.12.